The van der Waals surface area contributed by atoms with Gasteiger partial charge in [-0.3, -0.25) is 14.3 Å². The van der Waals surface area contributed by atoms with Gasteiger partial charge in [-0.25, -0.2) is 0 Å². The Morgan fingerprint density at radius 3 is 2.47 bits per heavy atom. The number of amides is 2. The highest BCUT2D eigenvalue weighted by atomic mass is 16.5. The lowest BCUT2D eigenvalue weighted by Crippen LogP contribution is -2.15. The molecule has 4 rings (SSSR count). The van der Waals surface area contributed by atoms with E-state index in [0.717, 1.165) is 27.9 Å². The highest BCUT2D eigenvalue weighted by Gasteiger charge is 2.11. The van der Waals surface area contributed by atoms with E-state index in [1.807, 2.05) is 60.3 Å². The quantitative estimate of drug-likeness (QED) is 0.318. The Morgan fingerprint density at radius 1 is 1.00 bits per heavy atom. The molecule has 0 unspecified atom stereocenters. The third-order valence-corrected chi connectivity index (χ3v) is 5.47. The number of hydrogen-bond donors (Lipinski definition) is 2. The average Bonchev–Trinajstić information content (AvgIpc) is 3.27. The molecule has 36 heavy (non-hydrogen) atoms. The molecular weight excluding hydrogens is 452 g/mol. The van der Waals surface area contributed by atoms with Crippen molar-refractivity contribution >= 4 is 23.6 Å². The van der Waals surface area contributed by atoms with E-state index < -0.39 is 5.91 Å². The zero-order chi connectivity index (χ0) is 25.3. The van der Waals surface area contributed by atoms with Crippen molar-refractivity contribution in [3.63, 3.8) is 0 Å². The predicted octanol–water partition coefficient (Wildman–Crippen LogP) is 4.81. The van der Waals surface area contributed by atoms with Gasteiger partial charge in [0.1, 0.15) is 5.75 Å². The Balaban J connectivity index is 1.54. The molecule has 2 amide bonds. The number of carbonyl (C=O) groups is 2. The first-order chi connectivity index (χ1) is 17.5. The minimum absolute atomic E-state index is 0.0942. The molecule has 0 spiro atoms. The Morgan fingerprint density at radius 2 is 1.72 bits per heavy atom. The van der Waals surface area contributed by atoms with Gasteiger partial charge in [0.2, 0.25) is 11.8 Å². The third kappa shape index (κ3) is 6.70. The normalized spacial score (nSPS) is 10.9. The van der Waals surface area contributed by atoms with Crippen LogP contribution >= 0.6 is 0 Å². The summed E-state index contributed by atoms with van der Waals surface area (Å²) in [6, 6.07) is 25.3. The minimum atomic E-state index is -0.448. The summed E-state index contributed by atoms with van der Waals surface area (Å²) in [5.74, 6) is -0.292. The van der Waals surface area contributed by atoms with E-state index in [1.54, 1.807) is 30.3 Å². The van der Waals surface area contributed by atoms with Crippen LogP contribution in [0, 0.1) is 6.92 Å². The molecule has 7 nitrogen and oxygen atoms in total. The van der Waals surface area contributed by atoms with E-state index in [9.17, 15) is 9.59 Å². The first-order valence-corrected chi connectivity index (χ1v) is 11.7. The van der Waals surface area contributed by atoms with Crippen LogP contribution in [-0.2, 0) is 16.1 Å². The van der Waals surface area contributed by atoms with Gasteiger partial charge in [0.25, 0.3) is 0 Å². The number of nitrogens with two attached hydrogens (primary N) is 1. The van der Waals surface area contributed by atoms with Crippen molar-refractivity contribution in [3.05, 3.63) is 108 Å². The molecule has 7 heteroatoms. The van der Waals surface area contributed by atoms with E-state index in [4.69, 9.17) is 15.6 Å². The fraction of sp³-hybridized carbons (Fsp3) is 0.138. The zero-order valence-electron chi connectivity index (χ0n) is 20.1. The number of aromatic nitrogens is 2. The first-order valence-electron chi connectivity index (χ1n) is 11.7. The number of primary amides is 1. The monoisotopic (exact) mass is 480 g/mol. The number of hydrogen-bond acceptors (Lipinski definition) is 4. The van der Waals surface area contributed by atoms with Crippen molar-refractivity contribution in [3.8, 4) is 17.0 Å². The SMILES string of the molecule is Cc1ccc(-c2nn(Cc3ccccc3)cc2C=CC(=O)Nc2ccccc2OCCC(N)=O)cc1. The van der Waals surface area contributed by atoms with Crippen molar-refractivity contribution in [1.29, 1.82) is 0 Å². The van der Waals surface area contributed by atoms with Crippen LogP contribution in [-0.4, -0.2) is 28.2 Å². The van der Waals surface area contributed by atoms with Crippen molar-refractivity contribution in [2.75, 3.05) is 11.9 Å². The number of para-hydroxylation sites is 2. The Labute approximate surface area is 210 Å². The van der Waals surface area contributed by atoms with Crippen LogP contribution < -0.4 is 15.8 Å². The summed E-state index contributed by atoms with van der Waals surface area (Å²) in [6.45, 7) is 2.80. The maximum Gasteiger partial charge on any atom is 0.248 e. The smallest absolute Gasteiger partial charge is 0.248 e. The largest absolute Gasteiger partial charge is 0.491 e. The van der Waals surface area contributed by atoms with Crippen molar-refractivity contribution in [2.45, 2.75) is 19.9 Å². The Bertz CT molecular complexity index is 1360. The summed E-state index contributed by atoms with van der Waals surface area (Å²) < 4.78 is 7.48. The van der Waals surface area contributed by atoms with Crippen LogP contribution in [0.15, 0.2) is 91.1 Å². The number of aryl methyl sites for hydroxylation is 1. The maximum absolute atomic E-state index is 12.8. The molecule has 0 aliphatic heterocycles. The highest BCUT2D eigenvalue weighted by molar-refractivity contribution is 6.03. The van der Waals surface area contributed by atoms with E-state index in [1.165, 1.54) is 6.08 Å². The summed E-state index contributed by atoms with van der Waals surface area (Å²) >= 11 is 0. The lowest BCUT2D eigenvalue weighted by molar-refractivity contribution is -0.118. The summed E-state index contributed by atoms with van der Waals surface area (Å²) in [5, 5.41) is 7.64. The predicted molar refractivity (Wildman–Crippen MR) is 141 cm³/mol. The molecule has 0 atom stereocenters. The van der Waals surface area contributed by atoms with Gasteiger partial charge in [0.15, 0.2) is 0 Å². The van der Waals surface area contributed by atoms with Crippen LogP contribution in [0.3, 0.4) is 0 Å². The topological polar surface area (TPSA) is 99.2 Å². The highest BCUT2D eigenvalue weighted by Crippen LogP contribution is 2.26. The van der Waals surface area contributed by atoms with Gasteiger partial charge in [-0.05, 0) is 30.7 Å². The van der Waals surface area contributed by atoms with Crippen molar-refractivity contribution in [2.24, 2.45) is 5.73 Å². The molecule has 1 aromatic heterocycles. The van der Waals surface area contributed by atoms with Crippen LogP contribution in [0.25, 0.3) is 17.3 Å². The number of carbonyl (C=O) groups excluding carboxylic acids is 2. The molecule has 3 aromatic carbocycles. The molecule has 0 aliphatic carbocycles. The number of benzene rings is 3. The molecular formula is C29H28N4O3. The van der Waals surface area contributed by atoms with E-state index in [0.29, 0.717) is 18.0 Å². The summed E-state index contributed by atoms with van der Waals surface area (Å²) in [5.41, 5.74) is 10.6. The number of anilines is 1. The number of nitrogens with zero attached hydrogens (tertiary/aromatic N) is 2. The van der Waals surface area contributed by atoms with Gasteiger partial charge in [-0.2, -0.15) is 5.10 Å². The molecule has 3 N–H and O–H groups in total. The maximum atomic E-state index is 12.8. The molecule has 0 fully saturated rings. The second-order valence-corrected chi connectivity index (χ2v) is 8.37. The van der Waals surface area contributed by atoms with Gasteiger partial charge in [-0.15, -0.1) is 0 Å². The second kappa shape index (κ2) is 11.7. The van der Waals surface area contributed by atoms with Crippen LogP contribution in [0.5, 0.6) is 5.75 Å². The number of nitrogens with one attached hydrogen (secondary N) is 1. The van der Waals surface area contributed by atoms with Gasteiger partial charge in [-0.1, -0.05) is 72.3 Å². The molecule has 1 heterocycles. The number of rotatable bonds is 10. The van der Waals surface area contributed by atoms with Gasteiger partial charge >= 0.3 is 0 Å². The lowest BCUT2D eigenvalue weighted by Gasteiger charge is -2.10. The van der Waals surface area contributed by atoms with Crippen LogP contribution in [0.1, 0.15) is 23.1 Å². The summed E-state index contributed by atoms with van der Waals surface area (Å²) in [6.07, 6.45) is 5.27. The summed E-state index contributed by atoms with van der Waals surface area (Å²) in [7, 11) is 0. The van der Waals surface area contributed by atoms with Crippen LogP contribution in [0.2, 0.25) is 0 Å². The van der Waals surface area contributed by atoms with Gasteiger partial charge < -0.3 is 15.8 Å². The molecule has 0 saturated carbocycles. The fourth-order valence-corrected chi connectivity index (χ4v) is 3.64. The van der Waals surface area contributed by atoms with E-state index in [-0.39, 0.29) is 18.9 Å². The molecule has 0 bridgehead atoms. The Kier molecular flexibility index (Phi) is 7.93. The summed E-state index contributed by atoms with van der Waals surface area (Å²) in [4.78, 5) is 23.7. The first kappa shape index (κ1) is 24.5. The lowest BCUT2D eigenvalue weighted by atomic mass is 10.1. The number of ether oxygens (including phenoxy) is 1. The van der Waals surface area contributed by atoms with Gasteiger partial charge in [0, 0.05) is 23.4 Å². The van der Waals surface area contributed by atoms with Crippen molar-refractivity contribution < 1.29 is 14.3 Å². The van der Waals surface area contributed by atoms with Crippen LogP contribution in [0.4, 0.5) is 5.69 Å². The van der Waals surface area contributed by atoms with Crippen molar-refractivity contribution in [1.82, 2.24) is 9.78 Å². The fourth-order valence-electron chi connectivity index (χ4n) is 3.64. The second-order valence-electron chi connectivity index (χ2n) is 8.37. The third-order valence-electron chi connectivity index (χ3n) is 5.47. The molecule has 182 valence electrons. The molecule has 0 aliphatic rings. The molecule has 4 aromatic rings. The molecule has 0 radical (unpaired) electrons. The Hall–Kier alpha value is -4.65. The van der Waals surface area contributed by atoms with E-state index in [2.05, 4.69) is 17.4 Å². The molecule has 0 saturated heterocycles. The van der Waals surface area contributed by atoms with E-state index >= 15 is 0 Å². The van der Waals surface area contributed by atoms with Gasteiger partial charge in [0.05, 0.1) is 31.0 Å². The minimum Gasteiger partial charge on any atom is -0.491 e. The zero-order valence-corrected chi connectivity index (χ0v) is 20.1. The average molecular weight is 481 g/mol. The standard InChI is InChI=1S/C29H28N4O3/c1-21-11-13-23(14-12-21)29-24(20-33(32-29)19-22-7-3-2-4-8-22)15-16-28(35)31-25-9-5-6-10-26(25)36-18-17-27(30)34/h2-16,20H,17-19H2,1H3,(H2,30,34)(H,31,35).